The zero-order valence-corrected chi connectivity index (χ0v) is 28.0. The van der Waals surface area contributed by atoms with Crippen LogP contribution < -0.4 is 29.6 Å². The van der Waals surface area contributed by atoms with E-state index in [1.165, 1.54) is 32.4 Å². The van der Waals surface area contributed by atoms with Crippen molar-refractivity contribution in [3.63, 3.8) is 0 Å². The van der Waals surface area contributed by atoms with Gasteiger partial charge in [0.1, 0.15) is 22.1 Å². The van der Waals surface area contributed by atoms with Crippen LogP contribution in [0.3, 0.4) is 0 Å². The first-order chi connectivity index (χ1) is 21.2. The molecule has 0 unspecified atom stereocenters. The predicted molar refractivity (Wildman–Crippen MR) is 164 cm³/mol. The minimum Gasteiger partial charge on any atom is -0.870 e. The zero-order valence-electron chi connectivity index (χ0n) is 24.3. The Labute approximate surface area is 290 Å². The average Bonchev–Trinajstić information content (AvgIpc) is 3.74. The van der Waals surface area contributed by atoms with E-state index in [0.717, 1.165) is 45.7 Å². The van der Waals surface area contributed by atoms with E-state index in [2.05, 4.69) is 22.2 Å². The van der Waals surface area contributed by atoms with Crippen LogP contribution in [-0.4, -0.2) is 71.3 Å². The molecule has 0 aliphatic carbocycles. The summed E-state index contributed by atoms with van der Waals surface area (Å²) in [6.07, 6.45) is 0. The smallest absolute Gasteiger partial charge is 0.870 e. The van der Waals surface area contributed by atoms with E-state index < -0.39 is 23.9 Å². The van der Waals surface area contributed by atoms with Crippen LogP contribution >= 0.6 is 23.5 Å². The van der Waals surface area contributed by atoms with E-state index in [4.69, 9.17) is 14.9 Å². The third-order valence-electron chi connectivity index (χ3n) is 6.53. The molecule has 4 aromatic carbocycles. The number of hydrogen-bond donors (Lipinski definition) is 2. The van der Waals surface area contributed by atoms with Gasteiger partial charge in [0.25, 0.3) is 0 Å². The maximum absolute atomic E-state index is 11.8. The largest absolute Gasteiger partial charge is 1.00 e. The van der Waals surface area contributed by atoms with E-state index in [9.17, 15) is 19.2 Å². The van der Waals surface area contributed by atoms with Gasteiger partial charge in [-0.15, -0.1) is 0 Å². The Morgan fingerprint density at radius 1 is 0.543 bits per heavy atom. The van der Waals surface area contributed by atoms with Crippen molar-refractivity contribution in [2.75, 3.05) is 14.2 Å². The summed E-state index contributed by atoms with van der Waals surface area (Å²) >= 11 is 1.98. The van der Waals surface area contributed by atoms with Crippen LogP contribution in [0.4, 0.5) is 0 Å². The second kappa shape index (κ2) is 15.6. The number of carbonyl (C=O) groups is 4. The average molecular weight is 669 g/mol. The summed E-state index contributed by atoms with van der Waals surface area (Å²) in [6.45, 7) is 0. The minimum atomic E-state index is -1.06. The number of rotatable bonds is 6. The van der Waals surface area contributed by atoms with Crippen molar-refractivity contribution in [2.45, 2.75) is 0 Å². The van der Waals surface area contributed by atoms with Crippen LogP contribution in [0.5, 0.6) is 0 Å². The van der Waals surface area contributed by atoms with Crippen LogP contribution in [0, 0.1) is 0 Å². The van der Waals surface area contributed by atoms with Crippen LogP contribution in [0.1, 0.15) is 41.4 Å². The fourth-order valence-electron chi connectivity index (χ4n) is 4.34. The van der Waals surface area contributed by atoms with Crippen molar-refractivity contribution in [3.05, 3.63) is 95.1 Å². The Morgan fingerprint density at radius 2 is 0.957 bits per heavy atom. The molecule has 13 nitrogen and oxygen atoms in total. The van der Waals surface area contributed by atoms with E-state index >= 15 is 0 Å². The summed E-state index contributed by atoms with van der Waals surface area (Å²) in [4.78, 5) is 45.3. The third-order valence-corrected chi connectivity index (χ3v) is 7.58. The Bertz CT molecular complexity index is 2050. The Kier molecular flexibility index (Phi) is 12.1. The van der Waals surface area contributed by atoms with Crippen molar-refractivity contribution in [1.29, 1.82) is 0 Å². The molecule has 46 heavy (non-hydrogen) atoms. The molecule has 16 heteroatoms. The SMILES string of the molecule is COC(=O)c1ccc(-c2ccc(C(=O)OC)c3nsnc23)cc1.O=C(O)c1ccc(-c2ccc(C(=O)O)c3nsnc23)cc1.[Na+].[OH-]. The first-order valence-corrected chi connectivity index (χ1v) is 14.0. The molecule has 2 aromatic heterocycles. The Hall–Kier alpha value is -4.64. The van der Waals surface area contributed by atoms with Gasteiger partial charge in [-0.25, -0.2) is 19.2 Å². The van der Waals surface area contributed by atoms with Gasteiger partial charge in [0.15, 0.2) is 0 Å². The van der Waals surface area contributed by atoms with Crippen molar-refractivity contribution in [1.82, 2.24) is 17.5 Å². The Morgan fingerprint density at radius 3 is 1.39 bits per heavy atom. The van der Waals surface area contributed by atoms with Gasteiger partial charge in [0, 0.05) is 11.1 Å². The molecule has 0 aliphatic heterocycles. The van der Waals surface area contributed by atoms with Gasteiger partial charge in [-0.1, -0.05) is 36.4 Å². The maximum Gasteiger partial charge on any atom is 1.00 e. The molecular weight excluding hydrogens is 647 g/mol. The van der Waals surface area contributed by atoms with Crippen molar-refractivity contribution < 1.29 is 73.9 Å². The molecule has 3 N–H and O–H groups in total. The summed E-state index contributed by atoms with van der Waals surface area (Å²) in [7, 11) is 2.67. The first kappa shape index (κ1) is 35.8. The number of nitrogens with zero attached hydrogens (tertiary/aromatic N) is 4. The van der Waals surface area contributed by atoms with Gasteiger partial charge in [-0.3, -0.25) is 0 Å². The van der Waals surface area contributed by atoms with Crippen molar-refractivity contribution in [2.24, 2.45) is 0 Å². The molecule has 0 saturated carbocycles. The monoisotopic (exact) mass is 668 g/mol. The van der Waals surface area contributed by atoms with Crippen molar-refractivity contribution in [3.8, 4) is 22.3 Å². The molecule has 0 amide bonds. The second-order valence-corrected chi connectivity index (χ2v) is 10.0. The molecule has 0 bridgehead atoms. The molecule has 0 fully saturated rings. The number of esters is 2. The van der Waals surface area contributed by atoms with E-state index in [-0.39, 0.29) is 46.2 Å². The number of carboxylic acids is 2. The van der Waals surface area contributed by atoms with Gasteiger partial charge in [0.2, 0.25) is 0 Å². The van der Waals surface area contributed by atoms with Gasteiger partial charge in [-0.05, 0) is 47.5 Å². The fourth-order valence-corrected chi connectivity index (χ4v) is 5.49. The van der Waals surface area contributed by atoms with Gasteiger partial charge < -0.3 is 25.2 Å². The van der Waals surface area contributed by atoms with Crippen LogP contribution in [-0.2, 0) is 9.47 Å². The number of carboxylic acid groups (broad SMARTS) is 2. The van der Waals surface area contributed by atoms with E-state index in [1.807, 2.05) is 0 Å². The standard InChI is InChI=1S/C16H12N2O4S.C14H8N2O4S.Na.H2O/c1-21-15(19)10-5-3-9(4-6-10)11-7-8-12(16(20)22-2)14-13(11)17-23-18-14;17-13(18)8-3-1-7(2-4-8)9-5-6-10(14(19)20)12-11(9)15-21-16-12;;/h3-8H,1-2H3;1-6H,(H,17,18)(H,19,20);;1H2/q;;+1;/p-1. The molecule has 0 radical (unpaired) electrons. The number of carbonyl (C=O) groups excluding carboxylic acids is 2. The number of aromatic carboxylic acids is 2. The topological polar surface area (TPSA) is 209 Å². The predicted octanol–water partition coefficient (Wildman–Crippen LogP) is 2.51. The number of methoxy groups -OCH3 is 2. The van der Waals surface area contributed by atoms with Crippen LogP contribution in [0.15, 0.2) is 72.8 Å². The minimum absolute atomic E-state index is 0. The molecule has 228 valence electrons. The summed E-state index contributed by atoms with van der Waals surface area (Å²) < 4.78 is 26.1. The summed E-state index contributed by atoms with van der Waals surface area (Å²) in [6, 6.07) is 19.9. The Balaban J connectivity index is 0.000000241. The normalized spacial score (nSPS) is 10.1. The fraction of sp³-hybridized carbons (Fsp3) is 0.0667. The summed E-state index contributed by atoms with van der Waals surface area (Å²) in [5.41, 5.74) is 6.30. The zero-order chi connectivity index (χ0) is 31.4. The molecular formula is C30H21N4NaO9S2. The number of benzene rings is 4. The maximum atomic E-state index is 11.8. The number of fused-ring (bicyclic) bond motifs is 2. The van der Waals surface area contributed by atoms with E-state index in [1.54, 1.807) is 54.6 Å². The molecule has 0 saturated heterocycles. The quantitative estimate of drug-likeness (QED) is 0.193. The molecule has 0 aliphatic rings. The number of ether oxygens (including phenoxy) is 2. The molecule has 0 atom stereocenters. The van der Waals surface area contributed by atoms with Gasteiger partial charge >= 0.3 is 53.4 Å². The van der Waals surface area contributed by atoms with Gasteiger partial charge in [-0.2, -0.15) is 17.5 Å². The molecule has 2 heterocycles. The van der Waals surface area contributed by atoms with Gasteiger partial charge in [0.05, 0.1) is 59.9 Å². The molecule has 6 rings (SSSR count). The summed E-state index contributed by atoms with van der Waals surface area (Å²) in [5.74, 6) is -2.89. The molecule has 0 spiro atoms. The molecule has 6 aromatic rings. The van der Waals surface area contributed by atoms with Crippen LogP contribution in [0.25, 0.3) is 44.3 Å². The third kappa shape index (κ3) is 7.25. The summed E-state index contributed by atoms with van der Waals surface area (Å²) in [5, 5.41) is 18.0. The van der Waals surface area contributed by atoms with Crippen molar-refractivity contribution >= 4 is 69.4 Å². The van der Waals surface area contributed by atoms with Crippen LogP contribution in [0.2, 0.25) is 0 Å². The first-order valence-electron chi connectivity index (χ1n) is 12.6. The number of aromatic nitrogens is 4. The van der Waals surface area contributed by atoms with E-state index in [0.29, 0.717) is 33.2 Å². The second-order valence-electron chi connectivity index (χ2n) is 8.99. The number of hydrogen-bond acceptors (Lipinski definition) is 13.